The molecule has 0 aromatic carbocycles. The van der Waals surface area contributed by atoms with E-state index in [9.17, 15) is 9.59 Å². The van der Waals surface area contributed by atoms with Gasteiger partial charge in [-0.15, -0.1) is 0 Å². The summed E-state index contributed by atoms with van der Waals surface area (Å²) in [6.45, 7) is 3.37. The van der Waals surface area contributed by atoms with Gasteiger partial charge in [-0.25, -0.2) is 4.79 Å². The van der Waals surface area contributed by atoms with Crippen molar-refractivity contribution in [3.63, 3.8) is 0 Å². The lowest BCUT2D eigenvalue weighted by atomic mass is 10.1. The predicted octanol–water partition coefficient (Wildman–Crippen LogP) is 1.66. The second-order valence-electron chi connectivity index (χ2n) is 2.86. The van der Waals surface area contributed by atoms with E-state index in [-0.39, 0.29) is 12.0 Å². The third-order valence-corrected chi connectivity index (χ3v) is 1.67. The zero-order valence-corrected chi connectivity index (χ0v) is 7.45. The number of carboxylic acids is 2. The van der Waals surface area contributed by atoms with Gasteiger partial charge in [-0.1, -0.05) is 13.0 Å². The molecule has 0 saturated heterocycles. The van der Waals surface area contributed by atoms with E-state index in [0.717, 1.165) is 6.42 Å². The van der Waals surface area contributed by atoms with E-state index in [1.54, 1.807) is 0 Å². The summed E-state index contributed by atoms with van der Waals surface area (Å²) in [6, 6.07) is 0. The zero-order valence-electron chi connectivity index (χ0n) is 7.45. The van der Waals surface area contributed by atoms with Crippen LogP contribution < -0.4 is 0 Å². The molecule has 2 N–H and O–H groups in total. The van der Waals surface area contributed by atoms with Gasteiger partial charge in [0, 0.05) is 12.0 Å². The Morgan fingerprint density at radius 3 is 2.00 bits per heavy atom. The molecule has 0 rings (SSSR count). The van der Waals surface area contributed by atoms with Crippen molar-refractivity contribution in [1.82, 2.24) is 0 Å². The molecule has 0 aliphatic rings. The fourth-order valence-corrected chi connectivity index (χ4v) is 0.898. The van der Waals surface area contributed by atoms with Crippen LogP contribution in [0.25, 0.3) is 0 Å². The number of carbonyl (C=O) groups is 2. The first-order valence-corrected chi connectivity index (χ1v) is 4.17. The summed E-state index contributed by atoms with van der Waals surface area (Å²) in [6.07, 6.45) is 2.62. The van der Waals surface area contributed by atoms with E-state index >= 15 is 0 Å². The summed E-state index contributed by atoms with van der Waals surface area (Å²) in [4.78, 5) is 20.4. The summed E-state index contributed by atoms with van der Waals surface area (Å²) in [5, 5.41) is 16.7. The van der Waals surface area contributed by atoms with Gasteiger partial charge in [-0.2, -0.15) is 0 Å². The summed E-state index contributed by atoms with van der Waals surface area (Å²) >= 11 is 0. The van der Waals surface area contributed by atoms with Crippen LogP contribution in [-0.4, -0.2) is 22.2 Å². The Hall–Kier alpha value is -1.32. The van der Waals surface area contributed by atoms with Gasteiger partial charge in [0.05, 0.1) is 0 Å². The van der Waals surface area contributed by atoms with Crippen LogP contribution in [-0.2, 0) is 9.59 Å². The van der Waals surface area contributed by atoms with Gasteiger partial charge in [0.2, 0.25) is 0 Å². The first kappa shape index (κ1) is 11.7. The Balaban J connectivity index is 3.31. The minimum atomic E-state index is -0.974. The summed E-state index contributed by atoms with van der Waals surface area (Å²) in [5.74, 6) is -1.78. The monoisotopic (exact) mass is 186 g/mol. The van der Waals surface area contributed by atoms with Crippen LogP contribution in [0.5, 0.6) is 0 Å². The average molecular weight is 186 g/mol. The predicted molar refractivity (Wildman–Crippen MR) is 47.5 cm³/mol. The van der Waals surface area contributed by atoms with Crippen LogP contribution in [0.1, 0.15) is 32.1 Å². The molecule has 0 aliphatic heterocycles. The molecule has 4 heteroatoms. The van der Waals surface area contributed by atoms with E-state index in [0.29, 0.717) is 19.3 Å². The van der Waals surface area contributed by atoms with Gasteiger partial charge in [0.15, 0.2) is 0 Å². The zero-order chi connectivity index (χ0) is 10.3. The normalized spacial score (nSPS) is 9.54. The Morgan fingerprint density at radius 2 is 1.54 bits per heavy atom. The van der Waals surface area contributed by atoms with Crippen LogP contribution in [0, 0.1) is 0 Å². The Labute approximate surface area is 76.9 Å². The van der Waals surface area contributed by atoms with Crippen molar-refractivity contribution in [1.29, 1.82) is 0 Å². The molecule has 0 heterocycles. The Morgan fingerprint density at radius 1 is 1.00 bits per heavy atom. The van der Waals surface area contributed by atoms with Crippen LogP contribution in [0.2, 0.25) is 0 Å². The molecule has 4 nitrogen and oxygen atoms in total. The second-order valence-corrected chi connectivity index (χ2v) is 2.86. The maximum Gasteiger partial charge on any atom is 0.330 e. The molecule has 0 bridgehead atoms. The highest BCUT2D eigenvalue weighted by Crippen LogP contribution is 2.08. The largest absolute Gasteiger partial charge is 0.481 e. The number of aliphatic carboxylic acids is 2. The van der Waals surface area contributed by atoms with Crippen molar-refractivity contribution in [3.8, 4) is 0 Å². The van der Waals surface area contributed by atoms with Crippen molar-refractivity contribution in [2.75, 3.05) is 0 Å². The van der Waals surface area contributed by atoms with Crippen molar-refractivity contribution < 1.29 is 19.8 Å². The van der Waals surface area contributed by atoms with Gasteiger partial charge >= 0.3 is 11.9 Å². The molecule has 0 aromatic heterocycles. The maximum atomic E-state index is 10.3. The molecule has 0 aliphatic carbocycles. The topological polar surface area (TPSA) is 74.6 Å². The molecule has 0 atom stereocenters. The molecule has 13 heavy (non-hydrogen) atoms. The van der Waals surface area contributed by atoms with Gasteiger partial charge in [-0.05, 0) is 19.3 Å². The Kier molecular flexibility index (Phi) is 5.59. The quantitative estimate of drug-likeness (QED) is 0.468. The highest BCUT2D eigenvalue weighted by molar-refractivity contribution is 5.85. The fraction of sp³-hybridized carbons (Fsp3) is 0.556. The summed E-state index contributed by atoms with van der Waals surface area (Å²) < 4.78 is 0. The average Bonchev–Trinajstić information content (AvgIpc) is 2.02. The van der Waals surface area contributed by atoms with Crippen LogP contribution in [0.15, 0.2) is 12.2 Å². The number of hydrogen-bond acceptors (Lipinski definition) is 2. The Bertz CT molecular complexity index is 208. The maximum absolute atomic E-state index is 10.3. The van der Waals surface area contributed by atoms with Crippen molar-refractivity contribution in [2.24, 2.45) is 0 Å². The van der Waals surface area contributed by atoms with Crippen molar-refractivity contribution in [3.05, 3.63) is 12.2 Å². The second kappa shape index (κ2) is 6.22. The highest BCUT2D eigenvalue weighted by atomic mass is 16.4. The minimum Gasteiger partial charge on any atom is -0.481 e. The smallest absolute Gasteiger partial charge is 0.330 e. The third-order valence-electron chi connectivity index (χ3n) is 1.67. The van der Waals surface area contributed by atoms with Crippen LogP contribution >= 0.6 is 0 Å². The van der Waals surface area contributed by atoms with Crippen molar-refractivity contribution >= 4 is 11.9 Å². The van der Waals surface area contributed by atoms with Crippen LogP contribution in [0.3, 0.4) is 0 Å². The van der Waals surface area contributed by atoms with Crippen molar-refractivity contribution in [2.45, 2.75) is 32.1 Å². The SMILES string of the molecule is C=C(CCCCCC(=O)O)C(=O)O. The first-order chi connectivity index (χ1) is 6.04. The summed E-state index contributed by atoms with van der Waals surface area (Å²) in [5.41, 5.74) is 0.190. The molecule has 0 fully saturated rings. The van der Waals surface area contributed by atoms with Gasteiger partial charge in [0.25, 0.3) is 0 Å². The lowest BCUT2D eigenvalue weighted by Gasteiger charge is -1.99. The molecule has 0 aromatic rings. The number of rotatable bonds is 7. The van der Waals surface area contributed by atoms with E-state index in [4.69, 9.17) is 10.2 Å². The molecular formula is C9H14O4. The van der Waals surface area contributed by atoms with Gasteiger partial charge in [-0.3, -0.25) is 4.79 Å². The van der Waals surface area contributed by atoms with Gasteiger partial charge < -0.3 is 10.2 Å². The standard InChI is InChI=1S/C9H14O4/c1-7(9(12)13)5-3-2-4-6-8(10)11/h1-6H2,(H,10,11)(H,12,13). The molecular weight excluding hydrogens is 172 g/mol. The van der Waals surface area contributed by atoms with E-state index in [1.165, 1.54) is 0 Å². The minimum absolute atomic E-state index is 0.152. The number of carboxylic acid groups (broad SMARTS) is 2. The third kappa shape index (κ3) is 7.05. The van der Waals surface area contributed by atoms with E-state index in [2.05, 4.69) is 6.58 Å². The molecule has 0 unspecified atom stereocenters. The molecule has 74 valence electrons. The summed E-state index contributed by atoms with van der Waals surface area (Å²) in [7, 11) is 0. The molecule has 0 amide bonds. The molecule has 0 saturated carbocycles. The van der Waals surface area contributed by atoms with E-state index in [1.807, 2.05) is 0 Å². The number of unbranched alkanes of at least 4 members (excludes halogenated alkanes) is 2. The van der Waals surface area contributed by atoms with Crippen LogP contribution in [0.4, 0.5) is 0 Å². The highest BCUT2D eigenvalue weighted by Gasteiger charge is 2.03. The lowest BCUT2D eigenvalue weighted by Crippen LogP contribution is -1.99. The lowest BCUT2D eigenvalue weighted by molar-refractivity contribution is -0.137. The first-order valence-electron chi connectivity index (χ1n) is 4.17. The fourth-order valence-electron chi connectivity index (χ4n) is 0.898. The van der Waals surface area contributed by atoms with E-state index < -0.39 is 11.9 Å². The van der Waals surface area contributed by atoms with Gasteiger partial charge in [0.1, 0.15) is 0 Å². The number of hydrogen-bond donors (Lipinski definition) is 2. The molecule has 0 radical (unpaired) electrons. The molecule has 0 spiro atoms.